The molecule has 1 aromatic carbocycles. The Hall–Kier alpha value is -2.63. The number of piperazine rings is 1. The summed E-state index contributed by atoms with van der Waals surface area (Å²) in [6.07, 6.45) is 1.46. The van der Waals surface area contributed by atoms with E-state index in [2.05, 4.69) is 0 Å². The highest BCUT2D eigenvalue weighted by molar-refractivity contribution is 7.89. The summed E-state index contributed by atoms with van der Waals surface area (Å²) in [6, 6.07) is 9.66. The molecule has 2 heterocycles. The first kappa shape index (κ1) is 17.2. The van der Waals surface area contributed by atoms with Crippen LogP contribution in [0.1, 0.15) is 21.7 Å². The molecule has 0 spiro atoms. The standard InChI is InChI=1S/C17H17N3O4S/c1-13-15(6-11-24-13)17(21)19-7-9-20(10-8-19)25(22,23)16-5-3-2-4-14(16)12-18/h2-6,11H,7-10H2,1H3. The lowest BCUT2D eigenvalue weighted by molar-refractivity contribution is 0.0696. The number of amides is 1. The first-order chi connectivity index (χ1) is 11.9. The molecule has 7 nitrogen and oxygen atoms in total. The second kappa shape index (κ2) is 6.70. The Bertz CT molecular complexity index is 935. The van der Waals surface area contributed by atoms with Gasteiger partial charge in [0.2, 0.25) is 10.0 Å². The molecule has 25 heavy (non-hydrogen) atoms. The number of nitrogens with zero attached hydrogens (tertiary/aromatic N) is 3. The monoisotopic (exact) mass is 359 g/mol. The van der Waals surface area contributed by atoms with E-state index < -0.39 is 10.0 Å². The van der Waals surface area contributed by atoms with Crippen LogP contribution in [0.3, 0.4) is 0 Å². The molecule has 1 saturated heterocycles. The first-order valence-electron chi connectivity index (χ1n) is 7.78. The average Bonchev–Trinajstić information content (AvgIpc) is 3.07. The van der Waals surface area contributed by atoms with Crippen LogP contribution < -0.4 is 0 Å². The van der Waals surface area contributed by atoms with Crippen molar-refractivity contribution in [2.24, 2.45) is 0 Å². The van der Waals surface area contributed by atoms with Gasteiger partial charge in [0.15, 0.2) is 0 Å². The van der Waals surface area contributed by atoms with Crippen molar-refractivity contribution in [3.63, 3.8) is 0 Å². The highest BCUT2D eigenvalue weighted by atomic mass is 32.2. The molecule has 1 aliphatic rings. The molecule has 0 N–H and O–H groups in total. The Kier molecular flexibility index (Phi) is 4.61. The molecule has 0 atom stereocenters. The van der Waals surface area contributed by atoms with Crippen LogP contribution in [0.4, 0.5) is 0 Å². The van der Waals surface area contributed by atoms with E-state index in [0.29, 0.717) is 11.3 Å². The minimum atomic E-state index is -3.76. The molecule has 0 bridgehead atoms. The van der Waals surface area contributed by atoms with Crippen molar-refractivity contribution in [1.82, 2.24) is 9.21 Å². The topological polar surface area (TPSA) is 94.6 Å². The quantitative estimate of drug-likeness (QED) is 0.830. The minimum absolute atomic E-state index is 0.00274. The van der Waals surface area contributed by atoms with Crippen molar-refractivity contribution in [3.8, 4) is 6.07 Å². The van der Waals surface area contributed by atoms with Crippen molar-refractivity contribution in [2.75, 3.05) is 26.2 Å². The third kappa shape index (κ3) is 3.16. The molecule has 1 amide bonds. The Morgan fingerprint density at radius 1 is 1.16 bits per heavy atom. The van der Waals surface area contributed by atoms with Gasteiger partial charge < -0.3 is 9.32 Å². The molecule has 0 unspecified atom stereocenters. The largest absolute Gasteiger partial charge is 0.469 e. The summed E-state index contributed by atoms with van der Waals surface area (Å²) in [4.78, 5) is 14.1. The molecule has 8 heteroatoms. The maximum absolute atomic E-state index is 12.8. The van der Waals surface area contributed by atoms with Crippen molar-refractivity contribution in [1.29, 1.82) is 5.26 Å². The molecule has 130 valence electrons. The van der Waals surface area contributed by atoms with Crippen LogP contribution in [0.25, 0.3) is 0 Å². The van der Waals surface area contributed by atoms with Crippen molar-refractivity contribution >= 4 is 15.9 Å². The molecule has 0 saturated carbocycles. The van der Waals surface area contributed by atoms with Crippen LogP contribution in [0.15, 0.2) is 45.9 Å². The van der Waals surface area contributed by atoms with Crippen LogP contribution in [0.2, 0.25) is 0 Å². The zero-order chi connectivity index (χ0) is 18.0. The number of aryl methyl sites for hydroxylation is 1. The van der Waals surface area contributed by atoms with Gasteiger partial charge in [-0.3, -0.25) is 4.79 Å². The number of nitriles is 1. The fourth-order valence-corrected chi connectivity index (χ4v) is 4.40. The molecule has 1 aromatic heterocycles. The Morgan fingerprint density at radius 2 is 1.84 bits per heavy atom. The lowest BCUT2D eigenvalue weighted by Gasteiger charge is -2.34. The Balaban J connectivity index is 1.75. The lowest BCUT2D eigenvalue weighted by atomic mass is 10.2. The van der Waals surface area contributed by atoms with Crippen LogP contribution in [-0.2, 0) is 10.0 Å². The van der Waals surface area contributed by atoms with Gasteiger partial charge >= 0.3 is 0 Å². The molecular weight excluding hydrogens is 342 g/mol. The normalized spacial score (nSPS) is 15.8. The number of hydrogen-bond acceptors (Lipinski definition) is 5. The fourth-order valence-electron chi connectivity index (χ4n) is 2.83. The van der Waals surface area contributed by atoms with E-state index in [0.717, 1.165) is 0 Å². The Morgan fingerprint density at radius 3 is 2.44 bits per heavy atom. The van der Waals surface area contributed by atoms with E-state index in [1.165, 1.54) is 22.7 Å². The van der Waals surface area contributed by atoms with Gasteiger partial charge in [0.1, 0.15) is 11.8 Å². The smallest absolute Gasteiger partial charge is 0.257 e. The summed E-state index contributed by atoms with van der Waals surface area (Å²) in [5.74, 6) is 0.378. The van der Waals surface area contributed by atoms with Gasteiger partial charge in [0.05, 0.1) is 22.3 Å². The van der Waals surface area contributed by atoms with Gasteiger partial charge in [-0.2, -0.15) is 9.57 Å². The third-order valence-electron chi connectivity index (χ3n) is 4.24. The first-order valence-corrected chi connectivity index (χ1v) is 9.22. The maximum atomic E-state index is 12.8. The van der Waals surface area contributed by atoms with E-state index in [9.17, 15) is 13.2 Å². The van der Waals surface area contributed by atoms with E-state index >= 15 is 0 Å². The van der Waals surface area contributed by atoms with Crippen LogP contribution in [0, 0.1) is 18.3 Å². The predicted molar refractivity (Wildman–Crippen MR) is 89.3 cm³/mol. The Labute approximate surface area is 146 Å². The summed E-state index contributed by atoms with van der Waals surface area (Å²) < 4.78 is 32.0. The number of hydrogen-bond donors (Lipinski definition) is 0. The van der Waals surface area contributed by atoms with E-state index in [1.54, 1.807) is 30.0 Å². The number of carbonyl (C=O) groups is 1. The second-order valence-electron chi connectivity index (χ2n) is 5.69. The molecule has 0 radical (unpaired) electrons. The van der Waals surface area contributed by atoms with Crippen molar-refractivity contribution in [2.45, 2.75) is 11.8 Å². The predicted octanol–water partition coefficient (Wildman–Crippen LogP) is 1.61. The lowest BCUT2D eigenvalue weighted by Crippen LogP contribution is -2.50. The van der Waals surface area contributed by atoms with Gasteiger partial charge in [0, 0.05) is 26.2 Å². The number of rotatable bonds is 3. The third-order valence-corrected chi connectivity index (χ3v) is 6.20. The summed E-state index contributed by atoms with van der Waals surface area (Å²) >= 11 is 0. The van der Waals surface area contributed by atoms with Crippen molar-refractivity contribution < 1.29 is 17.6 Å². The van der Waals surface area contributed by atoms with Gasteiger partial charge in [-0.15, -0.1) is 0 Å². The van der Waals surface area contributed by atoms with Crippen LogP contribution in [0.5, 0.6) is 0 Å². The number of benzene rings is 1. The highest BCUT2D eigenvalue weighted by Gasteiger charge is 2.32. The summed E-state index contributed by atoms with van der Waals surface area (Å²) in [6.45, 7) is 2.66. The van der Waals surface area contributed by atoms with Gasteiger partial charge in [-0.05, 0) is 25.1 Å². The maximum Gasteiger partial charge on any atom is 0.257 e. The fraction of sp³-hybridized carbons (Fsp3) is 0.294. The average molecular weight is 359 g/mol. The van der Waals surface area contributed by atoms with Crippen molar-refractivity contribution in [3.05, 3.63) is 53.5 Å². The van der Waals surface area contributed by atoms with Gasteiger partial charge in [0.25, 0.3) is 5.91 Å². The minimum Gasteiger partial charge on any atom is -0.469 e. The highest BCUT2D eigenvalue weighted by Crippen LogP contribution is 2.22. The van der Waals surface area contributed by atoms with E-state index in [4.69, 9.17) is 9.68 Å². The van der Waals surface area contributed by atoms with Crippen LogP contribution in [-0.4, -0.2) is 49.7 Å². The summed E-state index contributed by atoms with van der Waals surface area (Å²) in [7, 11) is -3.76. The molecule has 2 aromatic rings. The zero-order valence-corrected chi connectivity index (χ0v) is 14.5. The SMILES string of the molecule is Cc1occc1C(=O)N1CCN(S(=O)(=O)c2ccccc2C#N)CC1. The van der Waals surface area contributed by atoms with Crippen LogP contribution >= 0.6 is 0 Å². The molecule has 1 aliphatic heterocycles. The van der Waals surface area contributed by atoms with E-state index in [-0.39, 0.29) is 42.5 Å². The molecule has 0 aliphatic carbocycles. The second-order valence-corrected chi connectivity index (χ2v) is 7.60. The van der Waals surface area contributed by atoms with Gasteiger partial charge in [-0.25, -0.2) is 8.42 Å². The van der Waals surface area contributed by atoms with Gasteiger partial charge in [-0.1, -0.05) is 12.1 Å². The summed E-state index contributed by atoms with van der Waals surface area (Å²) in [5, 5.41) is 9.13. The number of carbonyl (C=O) groups excluding carboxylic acids is 1. The molecule has 3 rings (SSSR count). The molecular formula is C17H17N3O4S. The summed E-state index contributed by atoms with van der Waals surface area (Å²) in [5.41, 5.74) is 0.612. The molecule has 1 fully saturated rings. The van der Waals surface area contributed by atoms with E-state index in [1.807, 2.05) is 6.07 Å². The zero-order valence-electron chi connectivity index (χ0n) is 13.7. The number of furan rings is 1. The number of sulfonamides is 1.